The molecular formula is C12H21N3. The molecule has 1 aromatic rings. The van der Waals surface area contributed by atoms with Gasteiger partial charge in [-0.1, -0.05) is 13.0 Å². The molecule has 2 unspecified atom stereocenters. The summed E-state index contributed by atoms with van der Waals surface area (Å²) in [4.78, 5) is 4.37. The molecule has 0 aromatic carbocycles. The fourth-order valence-corrected chi connectivity index (χ4v) is 1.88. The molecule has 0 amide bonds. The van der Waals surface area contributed by atoms with Crippen LogP contribution in [0.1, 0.15) is 37.8 Å². The number of nitrogens with zero attached hydrogens (tertiary/aromatic N) is 1. The van der Waals surface area contributed by atoms with Crippen LogP contribution < -0.4 is 11.5 Å². The molecule has 0 bridgehead atoms. The SMILES string of the molecule is CCC(c1ccccn1)C(N)CCCN. The lowest BCUT2D eigenvalue weighted by Gasteiger charge is -2.21. The minimum Gasteiger partial charge on any atom is -0.330 e. The second-order valence-corrected chi connectivity index (χ2v) is 3.86. The van der Waals surface area contributed by atoms with Crippen molar-refractivity contribution in [1.82, 2.24) is 4.98 Å². The fraction of sp³-hybridized carbons (Fsp3) is 0.583. The number of rotatable bonds is 6. The maximum absolute atomic E-state index is 6.15. The van der Waals surface area contributed by atoms with Crippen molar-refractivity contribution >= 4 is 0 Å². The van der Waals surface area contributed by atoms with E-state index in [2.05, 4.69) is 18.0 Å². The van der Waals surface area contributed by atoms with E-state index in [1.54, 1.807) is 0 Å². The lowest BCUT2D eigenvalue weighted by atomic mass is 9.90. The average molecular weight is 207 g/mol. The monoisotopic (exact) mass is 207 g/mol. The lowest BCUT2D eigenvalue weighted by Crippen LogP contribution is -2.29. The van der Waals surface area contributed by atoms with Gasteiger partial charge in [-0.2, -0.15) is 0 Å². The normalized spacial score (nSPS) is 14.9. The van der Waals surface area contributed by atoms with Gasteiger partial charge in [-0.3, -0.25) is 4.98 Å². The van der Waals surface area contributed by atoms with Crippen LogP contribution in [0.5, 0.6) is 0 Å². The largest absolute Gasteiger partial charge is 0.330 e. The number of pyridine rings is 1. The topological polar surface area (TPSA) is 64.9 Å². The summed E-state index contributed by atoms with van der Waals surface area (Å²) in [5, 5.41) is 0. The van der Waals surface area contributed by atoms with Crippen LogP contribution in [0.25, 0.3) is 0 Å². The first kappa shape index (κ1) is 12.1. The molecule has 0 saturated carbocycles. The Balaban J connectivity index is 2.63. The predicted octanol–water partition coefficient (Wildman–Crippen LogP) is 1.64. The Hall–Kier alpha value is -0.930. The third-order valence-corrected chi connectivity index (χ3v) is 2.77. The Bertz CT molecular complexity index is 261. The third-order valence-electron chi connectivity index (χ3n) is 2.77. The summed E-state index contributed by atoms with van der Waals surface area (Å²) < 4.78 is 0. The molecule has 2 atom stereocenters. The molecule has 84 valence electrons. The molecule has 0 radical (unpaired) electrons. The van der Waals surface area contributed by atoms with Gasteiger partial charge in [0.15, 0.2) is 0 Å². The van der Waals surface area contributed by atoms with Crippen molar-refractivity contribution in [3.63, 3.8) is 0 Å². The summed E-state index contributed by atoms with van der Waals surface area (Å²) in [7, 11) is 0. The first-order valence-corrected chi connectivity index (χ1v) is 5.66. The van der Waals surface area contributed by atoms with Gasteiger partial charge in [-0.15, -0.1) is 0 Å². The van der Waals surface area contributed by atoms with E-state index in [1.165, 1.54) is 0 Å². The second-order valence-electron chi connectivity index (χ2n) is 3.86. The van der Waals surface area contributed by atoms with E-state index in [1.807, 2.05) is 18.3 Å². The molecule has 0 fully saturated rings. The lowest BCUT2D eigenvalue weighted by molar-refractivity contribution is 0.469. The standard InChI is InChI=1S/C12H21N3/c1-2-10(11(14)6-5-8-13)12-7-3-4-9-15-12/h3-4,7,9-11H,2,5-6,8,13-14H2,1H3. The maximum Gasteiger partial charge on any atom is 0.0449 e. The summed E-state index contributed by atoms with van der Waals surface area (Å²) in [6.45, 7) is 2.87. The van der Waals surface area contributed by atoms with Gasteiger partial charge in [0.1, 0.15) is 0 Å². The van der Waals surface area contributed by atoms with Crippen molar-refractivity contribution in [1.29, 1.82) is 0 Å². The Morgan fingerprint density at radius 3 is 2.73 bits per heavy atom. The van der Waals surface area contributed by atoms with E-state index >= 15 is 0 Å². The minimum absolute atomic E-state index is 0.174. The third kappa shape index (κ3) is 3.61. The summed E-state index contributed by atoms with van der Waals surface area (Å²) in [5.74, 6) is 0.359. The molecule has 0 aliphatic heterocycles. The Kier molecular flexibility index (Phi) is 5.29. The average Bonchev–Trinajstić information content (AvgIpc) is 2.29. The molecule has 4 N–H and O–H groups in total. The number of hydrogen-bond donors (Lipinski definition) is 2. The Labute approximate surface area is 91.9 Å². The van der Waals surface area contributed by atoms with E-state index in [0.717, 1.165) is 25.0 Å². The van der Waals surface area contributed by atoms with Gasteiger partial charge in [0, 0.05) is 23.9 Å². The minimum atomic E-state index is 0.174. The highest BCUT2D eigenvalue weighted by molar-refractivity contribution is 5.11. The highest BCUT2D eigenvalue weighted by Crippen LogP contribution is 2.22. The van der Waals surface area contributed by atoms with Gasteiger partial charge < -0.3 is 11.5 Å². The van der Waals surface area contributed by atoms with Crippen molar-refractivity contribution < 1.29 is 0 Å². The van der Waals surface area contributed by atoms with Gasteiger partial charge in [0.25, 0.3) is 0 Å². The van der Waals surface area contributed by atoms with Crippen LogP contribution >= 0.6 is 0 Å². The smallest absolute Gasteiger partial charge is 0.0449 e. The highest BCUT2D eigenvalue weighted by atomic mass is 14.7. The predicted molar refractivity (Wildman–Crippen MR) is 63.5 cm³/mol. The second kappa shape index (κ2) is 6.53. The zero-order valence-electron chi connectivity index (χ0n) is 9.39. The summed E-state index contributed by atoms with van der Waals surface area (Å²) >= 11 is 0. The van der Waals surface area contributed by atoms with Crippen LogP contribution in [-0.2, 0) is 0 Å². The summed E-state index contributed by atoms with van der Waals surface area (Å²) in [6, 6.07) is 6.17. The highest BCUT2D eigenvalue weighted by Gasteiger charge is 2.18. The number of aromatic nitrogens is 1. The Morgan fingerprint density at radius 2 is 2.20 bits per heavy atom. The molecule has 15 heavy (non-hydrogen) atoms. The van der Waals surface area contributed by atoms with Gasteiger partial charge in [0.2, 0.25) is 0 Å². The van der Waals surface area contributed by atoms with E-state index in [-0.39, 0.29) is 6.04 Å². The molecule has 3 nitrogen and oxygen atoms in total. The van der Waals surface area contributed by atoms with E-state index in [9.17, 15) is 0 Å². The molecular weight excluding hydrogens is 186 g/mol. The van der Waals surface area contributed by atoms with Crippen LogP contribution in [0.15, 0.2) is 24.4 Å². The van der Waals surface area contributed by atoms with Gasteiger partial charge in [-0.25, -0.2) is 0 Å². The van der Waals surface area contributed by atoms with Crippen molar-refractivity contribution in [3.05, 3.63) is 30.1 Å². The van der Waals surface area contributed by atoms with E-state index in [0.29, 0.717) is 12.5 Å². The van der Waals surface area contributed by atoms with E-state index < -0.39 is 0 Å². The molecule has 1 rings (SSSR count). The molecule has 0 spiro atoms. The number of nitrogens with two attached hydrogens (primary N) is 2. The van der Waals surface area contributed by atoms with Crippen LogP contribution in [-0.4, -0.2) is 17.6 Å². The van der Waals surface area contributed by atoms with Crippen molar-refractivity contribution in [2.75, 3.05) is 6.54 Å². The first-order chi connectivity index (χ1) is 7.29. The zero-order valence-corrected chi connectivity index (χ0v) is 9.39. The van der Waals surface area contributed by atoms with Crippen LogP contribution in [0.4, 0.5) is 0 Å². The first-order valence-electron chi connectivity index (χ1n) is 5.66. The number of hydrogen-bond acceptors (Lipinski definition) is 3. The van der Waals surface area contributed by atoms with Gasteiger partial charge >= 0.3 is 0 Å². The Morgan fingerprint density at radius 1 is 1.40 bits per heavy atom. The molecule has 0 aliphatic carbocycles. The summed E-state index contributed by atoms with van der Waals surface area (Å²) in [5.41, 5.74) is 12.7. The summed E-state index contributed by atoms with van der Waals surface area (Å²) in [6.07, 6.45) is 4.83. The van der Waals surface area contributed by atoms with Crippen molar-refractivity contribution in [2.24, 2.45) is 11.5 Å². The van der Waals surface area contributed by atoms with Crippen LogP contribution in [0.2, 0.25) is 0 Å². The zero-order chi connectivity index (χ0) is 11.1. The molecule has 0 saturated heterocycles. The molecule has 1 heterocycles. The molecule has 1 aromatic heterocycles. The quantitative estimate of drug-likeness (QED) is 0.745. The van der Waals surface area contributed by atoms with Crippen LogP contribution in [0, 0.1) is 0 Å². The van der Waals surface area contributed by atoms with Crippen LogP contribution in [0.3, 0.4) is 0 Å². The molecule has 3 heteroatoms. The van der Waals surface area contributed by atoms with Crippen molar-refractivity contribution in [2.45, 2.75) is 38.1 Å². The van der Waals surface area contributed by atoms with Gasteiger partial charge in [-0.05, 0) is 37.9 Å². The van der Waals surface area contributed by atoms with Crippen molar-refractivity contribution in [3.8, 4) is 0 Å². The fourth-order valence-electron chi connectivity index (χ4n) is 1.88. The van der Waals surface area contributed by atoms with E-state index in [4.69, 9.17) is 11.5 Å². The molecule has 0 aliphatic rings. The maximum atomic E-state index is 6.15. The van der Waals surface area contributed by atoms with Gasteiger partial charge in [0.05, 0.1) is 0 Å².